The fraction of sp³-hybridized carbons (Fsp3) is 0.514. The Labute approximate surface area is 278 Å². The molecule has 1 aliphatic heterocycles. The fourth-order valence-electron chi connectivity index (χ4n) is 5.71. The van der Waals surface area contributed by atoms with E-state index in [1.165, 1.54) is 0 Å². The molecule has 0 radical (unpaired) electrons. The van der Waals surface area contributed by atoms with E-state index in [4.69, 9.17) is 16.2 Å². The Balaban J connectivity index is 1.76. The molecule has 7 N–H and O–H groups in total. The van der Waals surface area contributed by atoms with E-state index in [0.29, 0.717) is 25.8 Å². The summed E-state index contributed by atoms with van der Waals surface area (Å²) in [7, 11) is 0. The van der Waals surface area contributed by atoms with Gasteiger partial charge in [-0.05, 0) is 55.1 Å². The first-order valence-electron chi connectivity index (χ1n) is 16.4. The van der Waals surface area contributed by atoms with Gasteiger partial charge in [0.15, 0.2) is 5.96 Å². The molecule has 3 rings (SSSR count). The standard InChI is InChI=1S/C35H51N7O5/c1-23(2)20-29(33(45)42-21-27(39-32(44)30(42)24(3)4)18-17-25-12-7-5-8-13-25)40-31(43)28(16-11-19-38-34(36)37)41-35(46)47-22-26-14-9-6-10-15-26/h5-10,12-15,23-24,27-30H,11,16-22H2,1-4H3,(H,39,44)(H,40,43)(H,41,46)(H4,36,37,38)/t27?,28-,29-,30?/m0/s1. The van der Waals surface area contributed by atoms with Crippen LogP contribution in [0.5, 0.6) is 0 Å². The second-order valence-electron chi connectivity index (χ2n) is 12.8. The number of alkyl carbamates (subject to hydrolysis) is 1. The second kappa shape index (κ2) is 18.5. The predicted molar refractivity (Wildman–Crippen MR) is 182 cm³/mol. The number of nitrogens with two attached hydrogens (primary N) is 2. The number of nitrogens with one attached hydrogen (secondary N) is 3. The van der Waals surface area contributed by atoms with Gasteiger partial charge in [0.1, 0.15) is 24.7 Å². The first-order chi connectivity index (χ1) is 22.4. The molecule has 0 spiro atoms. The molecule has 2 unspecified atom stereocenters. The van der Waals surface area contributed by atoms with Crippen molar-refractivity contribution in [1.82, 2.24) is 20.9 Å². The molecule has 12 heteroatoms. The number of carbonyl (C=O) groups excluding carboxylic acids is 4. The van der Waals surface area contributed by atoms with Crippen LogP contribution in [-0.2, 0) is 32.1 Å². The van der Waals surface area contributed by atoms with Crippen LogP contribution in [0.4, 0.5) is 4.79 Å². The lowest BCUT2D eigenvalue weighted by Crippen LogP contribution is -2.66. The number of piperazine rings is 1. The number of aliphatic imine (C=N–C) groups is 1. The van der Waals surface area contributed by atoms with Crippen molar-refractivity contribution in [3.63, 3.8) is 0 Å². The number of aryl methyl sites for hydroxylation is 1. The van der Waals surface area contributed by atoms with Crippen LogP contribution >= 0.6 is 0 Å². The lowest BCUT2D eigenvalue weighted by atomic mass is 9.93. The van der Waals surface area contributed by atoms with Crippen molar-refractivity contribution in [3.8, 4) is 0 Å². The summed E-state index contributed by atoms with van der Waals surface area (Å²) in [6.07, 6.45) is 1.59. The zero-order valence-corrected chi connectivity index (χ0v) is 28.0. The maximum absolute atomic E-state index is 14.3. The topological polar surface area (TPSA) is 181 Å². The predicted octanol–water partition coefficient (Wildman–Crippen LogP) is 2.85. The van der Waals surface area contributed by atoms with E-state index in [1.807, 2.05) is 88.4 Å². The summed E-state index contributed by atoms with van der Waals surface area (Å²) in [5.74, 6) is -1.22. The Bertz CT molecular complexity index is 1330. The van der Waals surface area contributed by atoms with Crippen molar-refractivity contribution in [2.75, 3.05) is 13.1 Å². The van der Waals surface area contributed by atoms with Gasteiger partial charge in [-0.2, -0.15) is 0 Å². The van der Waals surface area contributed by atoms with Crippen molar-refractivity contribution in [2.45, 2.75) is 90.6 Å². The van der Waals surface area contributed by atoms with Crippen LogP contribution in [-0.4, -0.2) is 71.9 Å². The molecule has 1 aliphatic rings. The van der Waals surface area contributed by atoms with E-state index >= 15 is 0 Å². The Morgan fingerprint density at radius 3 is 2.19 bits per heavy atom. The molecule has 4 atom stereocenters. The fourth-order valence-corrected chi connectivity index (χ4v) is 5.71. The van der Waals surface area contributed by atoms with Crippen molar-refractivity contribution in [1.29, 1.82) is 0 Å². The summed E-state index contributed by atoms with van der Waals surface area (Å²) < 4.78 is 5.37. The summed E-state index contributed by atoms with van der Waals surface area (Å²) in [5.41, 5.74) is 12.8. The lowest BCUT2D eigenvalue weighted by Gasteiger charge is -2.43. The minimum Gasteiger partial charge on any atom is -0.445 e. The number of carbonyl (C=O) groups is 4. The highest BCUT2D eigenvalue weighted by atomic mass is 16.5. The van der Waals surface area contributed by atoms with E-state index in [1.54, 1.807) is 4.90 Å². The molecule has 0 bridgehead atoms. The van der Waals surface area contributed by atoms with Crippen LogP contribution in [0.2, 0.25) is 0 Å². The van der Waals surface area contributed by atoms with Crippen LogP contribution in [0.1, 0.15) is 64.5 Å². The van der Waals surface area contributed by atoms with Gasteiger partial charge < -0.3 is 37.1 Å². The average molecular weight is 650 g/mol. The monoisotopic (exact) mass is 649 g/mol. The van der Waals surface area contributed by atoms with Gasteiger partial charge in [0.2, 0.25) is 17.7 Å². The normalized spacial score (nSPS) is 17.4. The van der Waals surface area contributed by atoms with E-state index in [0.717, 1.165) is 17.5 Å². The highest BCUT2D eigenvalue weighted by molar-refractivity contribution is 5.94. The molecule has 0 aromatic heterocycles. The Morgan fingerprint density at radius 1 is 0.957 bits per heavy atom. The average Bonchev–Trinajstić information content (AvgIpc) is 3.03. The molecular weight excluding hydrogens is 598 g/mol. The van der Waals surface area contributed by atoms with Gasteiger partial charge >= 0.3 is 6.09 Å². The Hall–Kier alpha value is -4.61. The minimum atomic E-state index is -1.01. The first kappa shape index (κ1) is 36.9. The van der Waals surface area contributed by atoms with Gasteiger partial charge in [-0.25, -0.2) is 4.79 Å². The third kappa shape index (κ3) is 12.3. The summed E-state index contributed by atoms with van der Waals surface area (Å²) >= 11 is 0. The highest BCUT2D eigenvalue weighted by Crippen LogP contribution is 2.22. The van der Waals surface area contributed by atoms with Crippen molar-refractivity contribution in [3.05, 3.63) is 71.8 Å². The molecule has 12 nitrogen and oxygen atoms in total. The molecule has 256 valence electrons. The smallest absolute Gasteiger partial charge is 0.408 e. The maximum Gasteiger partial charge on any atom is 0.408 e. The van der Waals surface area contributed by atoms with Crippen molar-refractivity contribution in [2.24, 2.45) is 28.3 Å². The Morgan fingerprint density at radius 2 is 1.60 bits per heavy atom. The van der Waals surface area contributed by atoms with Crippen LogP contribution in [0.15, 0.2) is 65.7 Å². The SMILES string of the molecule is CC(C)C[C@H](NC(=O)[C@H](CCCN=C(N)N)NC(=O)OCc1ccccc1)C(=O)N1CC(CCc2ccccc2)NC(=O)C1C(C)C. The number of amides is 4. The summed E-state index contributed by atoms with van der Waals surface area (Å²) in [6.45, 7) is 8.35. The maximum atomic E-state index is 14.3. The van der Waals surface area contributed by atoms with Crippen molar-refractivity contribution < 1.29 is 23.9 Å². The molecule has 0 aliphatic carbocycles. The molecule has 2 aromatic carbocycles. The lowest BCUT2D eigenvalue weighted by molar-refractivity contribution is -0.149. The van der Waals surface area contributed by atoms with Crippen LogP contribution in [0.3, 0.4) is 0 Å². The molecule has 1 saturated heterocycles. The second-order valence-corrected chi connectivity index (χ2v) is 12.8. The van der Waals surface area contributed by atoms with Crippen LogP contribution < -0.4 is 27.4 Å². The third-order valence-electron chi connectivity index (χ3n) is 8.00. The van der Waals surface area contributed by atoms with Gasteiger partial charge in [0.05, 0.1) is 0 Å². The summed E-state index contributed by atoms with van der Waals surface area (Å²) in [6, 6.07) is 16.3. The zero-order valence-electron chi connectivity index (χ0n) is 28.0. The van der Waals surface area contributed by atoms with E-state index in [2.05, 4.69) is 20.9 Å². The van der Waals surface area contributed by atoms with Crippen LogP contribution in [0.25, 0.3) is 0 Å². The molecule has 47 heavy (non-hydrogen) atoms. The van der Waals surface area contributed by atoms with Gasteiger partial charge in [-0.3, -0.25) is 19.4 Å². The number of hydrogen-bond donors (Lipinski definition) is 5. The van der Waals surface area contributed by atoms with E-state index in [-0.39, 0.29) is 55.2 Å². The minimum absolute atomic E-state index is 0.0303. The molecular formula is C35H51N7O5. The molecule has 1 fully saturated rings. The molecule has 2 aromatic rings. The summed E-state index contributed by atoms with van der Waals surface area (Å²) in [4.78, 5) is 59.7. The van der Waals surface area contributed by atoms with Crippen molar-refractivity contribution >= 4 is 29.8 Å². The first-order valence-corrected chi connectivity index (χ1v) is 16.4. The van der Waals surface area contributed by atoms with Gasteiger partial charge in [-0.15, -0.1) is 0 Å². The van der Waals surface area contributed by atoms with E-state index in [9.17, 15) is 19.2 Å². The zero-order chi connectivity index (χ0) is 34.3. The highest BCUT2D eigenvalue weighted by Gasteiger charge is 2.42. The number of hydrogen-bond acceptors (Lipinski definition) is 6. The van der Waals surface area contributed by atoms with Gasteiger partial charge in [0, 0.05) is 19.1 Å². The summed E-state index contributed by atoms with van der Waals surface area (Å²) in [5, 5.41) is 8.67. The number of benzene rings is 2. The molecule has 1 heterocycles. The van der Waals surface area contributed by atoms with Gasteiger partial charge in [-0.1, -0.05) is 88.4 Å². The molecule has 4 amide bonds. The quantitative estimate of drug-likeness (QED) is 0.105. The third-order valence-corrected chi connectivity index (χ3v) is 8.00. The number of guanidine groups is 1. The Kier molecular flexibility index (Phi) is 14.5. The van der Waals surface area contributed by atoms with Crippen LogP contribution in [0, 0.1) is 11.8 Å². The number of nitrogens with zero attached hydrogens (tertiary/aromatic N) is 2. The number of rotatable bonds is 16. The van der Waals surface area contributed by atoms with Gasteiger partial charge in [0.25, 0.3) is 0 Å². The molecule has 0 saturated carbocycles. The largest absolute Gasteiger partial charge is 0.445 e. The van der Waals surface area contributed by atoms with E-state index < -0.39 is 30.1 Å². The number of ether oxygens (including phenoxy) is 1.